The zero-order chi connectivity index (χ0) is 25.6. The summed E-state index contributed by atoms with van der Waals surface area (Å²) in [5.41, 5.74) is 3.94. The van der Waals surface area contributed by atoms with Crippen molar-refractivity contribution in [3.8, 4) is 0 Å². The van der Waals surface area contributed by atoms with Crippen LogP contribution in [0.3, 0.4) is 0 Å². The van der Waals surface area contributed by atoms with Crippen molar-refractivity contribution in [3.05, 3.63) is 83.9 Å². The van der Waals surface area contributed by atoms with E-state index in [1.165, 1.54) is 0 Å². The number of aryl methyl sites for hydroxylation is 2. The minimum Gasteiger partial charge on any atom is -0.349 e. The van der Waals surface area contributed by atoms with Crippen LogP contribution in [0, 0.1) is 0 Å². The lowest BCUT2D eigenvalue weighted by atomic mass is 10.0. The first kappa shape index (κ1) is 27.4. The number of nitrogens with one attached hydrogen (secondary N) is 2. The fourth-order valence-electron chi connectivity index (χ4n) is 3.49. The van der Waals surface area contributed by atoms with Crippen molar-refractivity contribution < 1.29 is 19.2 Å². The molecule has 2 N–H and O–H groups in total. The number of amides is 2. The third-order valence-electron chi connectivity index (χ3n) is 5.83. The molecule has 2 amide bonds. The largest absolute Gasteiger partial charge is 0.349 e. The number of Topliss-reactive ketones (excluding diaryl/α,β-unsaturated/α-hetero) is 2. The lowest BCUT2D eigenvalue weighted by Gasteiger charge is -2.16. The topological polar surface area (TPSA) is 92.3 Å². The first-order chi connectivity index (χ1) is 16.9. The SMILES string of the molecule is C=Cc1ccc(CCC(=O)C(=O)NCCC(CC)NC(=O)C(=O)CCc2ccc(C=C)cc2)cc1. The molecule has 6 heteroatoms. The zero-order valence-electron chi connectivity index (χ0n) is 20.3. The average Bonchev–Trinajstić information content (AvgIpc) is 2.89. The first-order valence-electron chi connectivity index (χ1n) is 11.9. The van der Waals surface area contributed by atoms with Crippen LogP contribution in [0.4, 0.5) is 0 Å². The monoisotopic (exact) mass is 474 g/mol. The molecule has 2 aromatic carbocycles. The molecular formula is C29H34N2O4. The summed E-state index contributed by atoms with van der Waals surface area (Å²) in [6.45, 7) is 9.54. The van der Waals surface area contributed by atoms with Gasteiger partial charge in [-0.2, -0.15) is 0 Å². The van der Waals surface area contributed by atoms with Gasteiger partial charge in [0.25, 0.3) is 11.8 Å². The molecule has 2 aromatic rings. The molecule has 0 saturated carbocycles. The molecule has 0 fully saturated rings. The molecule has 0 aliphatic rings. The molecule has 184 valence electrons. The summed E-state index contributed by atoms with van der Waals surface area (Å²) >= 11 is 0. The maximum atomic E-state index is 12.3. The second-order valence-electron chi connectivity index (χ2n) is 8.36. The van der Waals surface area contributed by atoms with Gasteiger partial charge >= 0.3 is 0 Å². The lowest BCUT2D eigenvalue weighted by molar-refractivity contribution is -0.138. The van der Waals surface area contributed by atoms with Gasteiger partial charge in [-0.3, -0.25) is 19.2 Å². The molecular weight excluding hydrogens is 440 g/mol. The number of hydrogen-bond acceptors (Lipinski definition) is 4. The van der Waals surface area contributed by atoms with Crippen LogP contribution in [-0.2, 0) is 32.0 Å². The summed E-state index contributed by atoms with van der Waals surface area (Å²) in [7, 11) is 0. The standard InChI is InChI=1S/C29H34N2O4/c1-4-21-7-11-23(12-8-21)15-17-26(32)28(34)30-20-19-25(6-3)31-29(35)27(33)18-16-24-13-9-22(5-2)10-14-24/h4-5,7-14,25H,1-2,6,15-20H2,3H3,(H,30,34)(H,31,35). The highest BCUT2D eigenvalue weighted by atomic mass is 16.2. The van der Waals surface area contributed by atoms with Crippen molar-refractivity contribution >= 4 is 35.5 Å². The van der Waals surface area contributed by atoms with E-state index in [0.717, 1.165) is 22.3 Å². The van der Waals surface area contributed by atoms with Gasteiger partial charge in [0.05, 0.1) is 0 Å². The Bertz CT molecular complexity index is 1040. The normalized spacial score (nSPS) is 11.2. The van der Waals surface area contributed by atoms with E-state index in [2.05, 4.69) is 23.8 Å². The number of ketones is 2. The van der Waals surface area contributed by atoms with Crippen LogP contribution in [0.1, 0.15) is 54.9 Å². The number of carbonyl (C=O) groups excluding carboxylic acids is 4. The van der Waals surface area contributed by atoms with Crippen molar-refractivity contribution in [1.29, 1.82) is 0 Å². The van der Waals surface area contributed by atoms with Gasteiger partial charge in [-0.05, 0) is 47.9 Å². The van der Waals surface area contributed by atoms with E-state index in [9.17, 15) is 19.2 Å². The van der Waals surface area contributed by atoms with E-state index in [0.29, 0.717) is 25.7 Å². The number of rotatable bonds is 15. The van der Waals surface area contributed by atoms with Gasteiger partial charge in [0.2, 0.25) is 11.6 Å². The van der Waals surface area contributed by atoms with E-state index in [4.69, 9.17) is 0 Å². The molecule has 0 spiro atoms. The van der Waals surface area contributed by atoms with E-state index >= 15 is 0 Å². The van der Waals surface area contributed by atoms with Crippen molar-refractivity contribution in [2.45, 2.75) is 51.5 Å². The Morgan fingerprint density at radius 1 is 0.771 bits per heavy atom. The predicted molar refractivity (Wildman–Crippen MR) is 140 cm³/mol. The third-order valence-corrected chi connectivity index (χ3v) is 5.83. The molecule has 1 atom stereocenters. The Morgan fingerprint density at radius 3 is 1.66 bits per heavy atom. The molecule has 0 aliphatic carbocycles. The highest BCUT2D eigenvalue weighted by Gasteiger charge is 2.18. The van der Waals surface area contributed by atoms with E-state index in [-0.39, 0.29) is 25.4 Å². The molecule has 0 bridgehead atoms. The fourth-order valence-corrected chi connectivity index (χ4v) is 3.49. The second kappa shape index (κ2) is 14.5. The van der Waals surface area contributed by atoms with E-state index in [1.807, 2.05) is 55.5 Å². The van der Waals surface area contributed by atoms with Crippen LogP contribution in [0.2, 0.25) is 0 Å². The fraction of sp³-hybridized carbons (Fsp3) is 0.310. The minimum absolute atomic E-state index is 0.122. The summed E-state index contributed by atoms with van der Waals surface area (Å²) in [5.74, 6) is -2.21. The lowest BCUT2D eigenvalue weighted by Crippen LogP contribution is -2.41. The average molecular weight is 475 g/mol. The van der Waals surface area contributed by atoms with Gasteiger partial charge < -0.3 is 10.6 Å². The van der Waals surface area contributed by atoms with Crippen LogP contribution in [0.25, 0.3) is 12.2 Å². The van der Waals surface area contributed by atoms with Gasteiger partial charge in [0.15, 0.2) is 0 Å². The summed E-state index contributed by atoms with van der Waals surface area (Å²) in [4.78, 5) is 48.8. The van der Waals surface area contributed by atoms with Crippen molar-refractivity contribution in [1.82, 2.24) is 10.6 Å². The Hall–Kier alpha value is -3.80. The van der Waals surface area contributed by atoms with Crippen LogP contribution in [0.5, 0.6) is 0 Å². The van der Waals surface area contributed by atoms with Gasteiger partial charge in [-0.1, -0.05) is 80.8 Å². The Kier molecular flexibility index (Phi) is 11.3. The summed E-state index contributed by atoms with van der Waals surface area (Å²) < 4.78 is 0. The minimum atomic E-state index is -0.632. The quantitative estimate of drug-likeness (QED) is 0.381. The predicted octanol–water partition coefficient (Wildman–Crippen LogP) is 4.08. The summed E-state index contributed by atoms with van der Waals surface area (Å²) in [5, 5.41) is 5.35. The number of carbonyl (C=O) groups is 4. The molecule has 0 aromatic heterocycles. The molecule has 0 aliphatic heterocycles. The van der Waals surface area contributed by atoms with Gasteiger partial charge in [-0.25, -0.2) is 0 Å². The number of benzene rings is 2. The highest BCUT2D eigenvalue weighted by Crippen LogP contribution is 2.09. The van der Waals surface area contributed by atoms with Gasteiger partial charge in [0, 0.05) is 25.4 Å². The van der Waals surface area contributed by atoms with Crippen LogP contribution >= 0.6 is 0 Å². The first-order valence-corrected chi connectivity index (χ1v) is 11.9. The van der Waals surface area contributed by atoms with Gasteiger partial charge in [-0.15, -0.1) is 0 Å². The molecule has 1 unspecified atom stereocenters. The molecule has 6 nitrogen and oxygen atoms in total. The molecule has 35 heavy (non-hydrogen) atoms. The van der Waals surface area contributed by atoms with Crippen molar-refractivity contribution in [2.75, 3.05) is 6.54 Å². The Labute approximate surface area is 207 Å². The molecule has 0 radical (unpaired) electrons. The molecule has 0 saturated heterocycles. The van der Waals surface area contributed by atoms with Crippen molar-refractivity contribution in [2.24, 2.45) is 0 Å². The smallest absolute Gasteiger partial charge is 0.287 e. The second-order valence-corrected chi connectivity index (χ2v) is 8.36. The molecule has 2 rings (SSSR count). The number of hydrogen-bond donors (Lipinski definition) is 2. The maximum absolute atomic E-state index is 12.3. The third kappa shape index (κ3) is 9.53. The van der Waals surface area contributed by atoms with Gasteiger partial charge in [0.1, 0.15) is 0 Å². The van der Waals surface area contributed by atoms with Crippen molar-refractivity contribution in [3.63, 3.8) is 0 Å². The Balaban J connectivity index is 1.69. The highest BCUT2D eigenvalue weighted by molar-refractivity contribution is 6.36. The summed E-state index contributed by atoms with van der Waals surface area (Å²) in [6.07, 6.45) is 5.74. The van der Waals surface area contributed by atoms with E-state index < -0.39 is 23.4 Å². The van der Waals surface area contributed by atoms with Crippen LogP contribution in [0.15, 0.2) is 61.7 Å². The summed E-state index contributed by atoms with van der Waals surface area (Å²) in [6, 6.07) is 15.1. The van der Waals surface area contributed by atoms with Crippen LogP contribution in [-0.4, -0.2) is 36.0 Å². The zero-order valence-corrected chi connectivity index (χ0v) is 20.3. The molecule has 0 heterocycles. The van der Waals surface area contributed by atoms with Crippen LogP contribution < -0.4 is 10.6 Å². The Morgan fingerprint density at radius 2 is 1.23 bits per heavy atom. The maximum Gasteiger partial charge on any atom is 0.287 e. The van der Waals surface area contributed by atoms with E-state index in [1.54, 1.807) is 12.2 Å².